The molecule has 0 aliphatic heterocycles. The van der Waals surface area contributed by atoms with Gasteiger partial charge in [0.25, 0.3) is 0 Å². The van der Waals surface area contributed by atoms with Gasteiger partial charge in [-0.2, -0.15) is 4.98 Å². The Balaban J connectivity index is 2.97. The maximum Gasteiger partial charge on any atom is 0.216 e. The fraction of sp³-hybridized carbons (Fsp3) is 0.636. The Morgan fingerprint density at radius 1 is 1.40 bits per heavy atom. The highest BCUT2D eigenvalue weighted by Crippen LogP contribution is 2.19. The number of hydrogen-bond donors (Lipinski definition) is 1. The SMILES string of the molecule is CCOc1cc(C(C)C(C)N)nc(C)n1. The van der Waals surface area contributed by atoms with E-state index in [-0.39, 0.29) is 12.0 Å². The van der Waals surface area contributed by atoms with Crippen molar-refractivity contribution in [3.63, 3.8) is 0 Å². The van der Waals surface area contributed by atoms with Crippen molar-refractivity contribution in [1.82, 2.24) is 9.97 Å². The lowest BCUT2D eigenvalue weighted by molar-refractivity contribution is 0.324. The first-order valence-corrected chi connectivity index (χ1v) is 5.28. The van der Waals surface area contributed by atoms with Crippen LogP contribution in [0.4, 0.5) is 0 Å². The second kappa shape index (κ2) is 5.07. The third-order valence-corrected chi connectivity index (χ3v) is 2.38. The van der Waals surface area contributed by atoms with Gasteiger partial charge in [0.2, 0.25) is 5.88 Å². The van der Waals surface area contributed by atoms with Gasteiger partial charge in [0, 0.05) is 18.0 Å². The number of nitrogens with two attached hydrogens (primary N) is 1. The molecule has 15 heavy (non-hydrogen) atoms. The summed E-state index contributed by atoms with van der Waals surface area (Å²) < 4.78 is 5.37. The normalized spacial score (nSPS) is 14.7. The standard InChI is InChI=1S/C11H19N3O/c1-5-15-11-6-10(7(2)8(3)12)13-9(4)14-11/h6-8H,5,12H2,1-4H3. The first-order chi connectivity index (χ1) is 7.04. The van der Waals surface area contributed by atoms with E-state index in [4.69, 9.17) is 10.5 Å². The molecule has 1 aromatic heterocycles. The van der Waals surface area contributed by atoms with E-state index in [1.807, 2.05) is 26.8 Å². The molecule has 0 aromatic carbocycles. The molecule has 0 radical (unpaired) electrons. The van der Waals surface area contributed by atoms with Crippen molar-refractivity contribution in [1.29, 1.82) is 0 Å². The number of hydrogen-bond acceptors (Lipinski definition) is 4. The maximum absolute atomic E-state index is 5.84. The van der Waals surface area contributed by atoms with Crippen molar-refractivity contribution in [2.45, 2.75) is 39.7 Å². The maximum atomic E-state index is 5.84. The van der Waals surface area contributed by atoms with Crippen LogP contribution in [0.5, 0.6) is 5.88 Å². The van der Waals surface area contributed by atoms with Gasteiger partial charge in [-0.25, -0.2) is 4.98 Å². The van der Waals surface area contributed by atoms with Gasteiger partial charge in [-0.15, -0.1) is 0 Å². The van der Waals surface area contributed by atoms with Crippen LogP contribution >= 0.6 is 0 Å². The summed E-state index contributed by atoms with van der Waals surface area (Å²) in [6.07, 6.45) is 0. The number of aromatic nitrogens is 2. The molecule has 2 N–H and O–H groups in total. The molecule has 0 saturated carbocycles. The Morgan fingerprint density at radius 2 is 2.07 bits per heavy atom. The van der Waals surface area contributed by atoms with Gasteiger partial charge in [-0.05, 0) is 20.8 Å². The molecule has 1 heterocycles. The molecule has 2 unspecified atom stereocenters. The molecule has 0 fully saturated rings. The molecular weight excluding hydrogens is 190 g/mol. The van der Waals surface area contributed by atoms with Crippen LogP contribution in [0.3, 0.4) is 0 Å². The lowest BCUT2D eigenvalue weighted by Gasteiger charge is -2.16. The quantitative estimate of drug-likeness (QED) is 0.818. The predicted molar refractivity (Wildman–Crippen MR) is 60.0 cm³/mol. The van der Waals surface area contributed by atoms with Crippen LogP contribution in [0.2, 0.25) is 0 Å². The Morgan fingerprint density at radius 3 is 2.60 bits per heavy atom. The smallest absolute Gasteiger partial charge is 0.216 e. The summed E-state index contributed by atoms with van der Waals surface area (Å²) in [4.78, 5) is 8.56. The Bertz CT molecular complexity index is 326. The zero-order valence-electron chi connectivity index (χ0n) is 9.82. The van der Waals surface area contributed by atoms with Gasteiger partial charge in [-0.3, -0.25) is 0 Å². The first-order valence-electron chi connectivity index (χ1n) is 5.28. The van der Waals surface area contributed by atoms with Crippen molar-refractivity contribution in [3.05, 3.63) is 17.6 Å². The fourth-order valence-corrected chi connectivity index (χ4v) is 1.29. The van der Waals surface area contributed by atoms with E-state index in [0.29, 0.717) is 12.5 Å². The molecule has 84 valence electrons. The van der Waals surface area contributed by atoms with E-state index >= 15 is 0 Å². The lowest BCUT2D eigenvalue weighted by Crippen LogP contribution is -2.23. The fourth-order valence-electron chi connectivity index (χ4n) is 1.29. The van der Waals surface area contributed by atoms with Crippen LogP contribution in [0.25, 0.3) is 0 Å². The summed E-state index contributed by atoms with van der Waals surface area (Å²) in [7, 11) is 0. The molecule has 1 aromatic rings. The zero-order chi connectivity index (χ0) is 11.4. The molecular formula is C11H19N3O. The van der Waals surface area contributed by atoms with Crippen molar-refractivity contribution >= 4 is 0 Å². The van der Waals surface area contributed by atoms with E-state index in [1.54, 1.807) is 0 Å². The summed E-state index contributed by atoms with van der Waals surface area (Å²) in [6, 6.07) is 1.94. The van der Waals surface area contributed by atoms with E-state index in [9.17, 15) is 0 Å². The highest BCUT2D eigenvalue weighted by molar-refractivity contribution is 5.19. The van der Waals surface area contributed by atoms with Crippen LogP contribution in [0.1, 0.15) is 38.2 Å². The predicted octanol–water partition coefficient (Wildman–Crippen LogP) is 1.63. The highest BCUT2D eigenvalue weighted by Gasteiger charge is 2.14. The second-order valence-electron chi connectivity index (χ2n) is 3.76. The van der Waals surface area contributed by atoms with E-state index < -0.39 is 0 Å². The minimum absolute atomic E-state index is 0.0776. The minimum atomic E-state index is 0.0776. The monoisotopic (exact) mass is 209 g/mol. The van der Waals surface area contributed by atoms with E-state index in [0.717, 1.165) is 11.5 Å². The van der Waals surface area contributed by atoms with Gasteiger partial charge in [0.15, 0.2) is 0 Å². The topological polar surface area (TPSA) is 61.0 Å². The average Bonchev–Trinajstić information content (AvgIpc) is 2.16. The van der Waals surface area contributed by atoms with Crippen molar-refractivity contribution in [3.8, 4) is 5.88 Å². The summed E-state index contributed by atoms with van der Waals surface area (Å²) in [5.74, 6) is 1.57. The van der Waals surface area contributed by atoms with Gasteiger partial charge in [-0.1, -0.05) is 6.92 Å². The van der Waals surface area contributed by atoms with Crippen LogP contribution in [-0.2, 0) is 0 Å². The molecule has 4 nitrogen and oxygen atoms in total. The van der Waals surface area contributed by atoms with E-state index in [1.165, 1.54) is 0 Å². The highest BCUT2D eigenvalue weighted by atomic mass is 16.5. The van der Waals surface area contributed by atoms with Crippen molar-refractivity contribution < 1.29 is 4.74 Å². The van der Waals surface area contributed by atoms with Crippen molar-refractivity contribution in [2.75, 3.05) is 6.61 Å². The summed E-state index contributed by atoms with van der Waals surface area (Å²) in [5.41, 5.74) is 6.79. The van der Waals surface area contributed by atoms with Crippen molar-refractivity contribution in [2.24, 2.45) is 5.73 Å². The molecule has 0 bridgehead atoms. The zero-order valence-corrected chi connectivity index (χ0v) is 9.82. The largest absolute Gasteiger partial charge is 0.478 e. The number of aryl methyl sites for hydroxylation is 1. The molecule has 4 heteroatoms. The number of rotatable bonds is 4. The second-order valence-corrected chi connectivity index (χ2v) is 3.76. The summed E-state index contributed by atoms with van der Waals surface area (Å²) in [5, 5.41) is 0. The first kappa shape index (κ1) is 11.9. The number of ether oxygens (including phenoxy) is 1. The summed E-state index contributed by atoms with van der Waals surface area (Å²) >= 11 is 0. The third-order valence-electron chi connectivity index (χ3n) is 2.38. The Kier molecular flexibility index (Phi) is 4.03. The van der Waals surface area contributed by atoms with Crippen LogP contribution in [0, 0.1) is 6.92 Å². The van der Waals surface area contributed by atoms with Gasteiger partial charge < -0.3 is 10.5 Å². The van der Waals surface area contributed by atoms with Crippen LogP contribution in [-0.4, -0.2) is 22.6 Å². The minimum Gasteiger partial charge on any atom is -0.478 e. The number of nitrogens with zero attached hydrogens (tertiary/aromatic N) is 2. The molecule has 0 saturated heterocycles. The third kappa shape index (κ3) is 3.16. The van der Waals surface area contributed by atoms with Gasteiger partial charge in [0.05, 0.1) is 12.3 Å². The van der Waals surface area contributed by atoms with Gasteiger partial charge in [0.1, 0.15) is 5.82 Å². The Hall–Kier alpha value is -1.16. The summed E-state index contributed by atoms with van der Waals surface area (Å²) in [6.45, 7) is 8.44. The van der Waals surface area contributed by atoms with Gasteiger partial charge >= 0.3 is 0 Å². The molecule has 1 rings (SSSR count). The molecule has 2 atom stereocenters. The van der Waals surface area contributed by atoms with Crippen LogP contribution in [0.15, 0.2) is 6.07 Å². The molecule has 0 amide bonds. The molecule has 0 spiro atoms. The lowest BCUT2D eigenvalue weighted by atomic mass is 10.0. The molecule has 0 aliphatic rings. The average molecular weight is 209 g/mol. The van der Waals surface area contributed by atoms with E-state index in [2.05, 4.69) is 16.9 Å². The Labute approximate surface area is 90.9 Å². The molecule has 0 aliphatic carbocycles. The van der Waals surface area contributed by atoms with Crippen LogP contribution < -0.4 is 10.5 Å².